The minimum Gasteiger partial charge on any atom is -0.354 e. The number of amides is 2. The van der Waals surface area contributed by atoms with Gasteiger partial charge in [-0.3, -0.25) is 14.3 Å². The molecule has 0 saturated heterocycles. The molecule has 1 heterocycles. The molecule has 116 valence electrons. The van der Waals surface area contributed by atoms with Crippen molar-refractivity contribution in [2.75, 3.05) is 6.54 Å². The van der Waals surface area contributed by atoms with Crippen LogP contribution in [0.3, 0.4) is 0 Å². The summed E-state index contributed by atoms with van der Waals surface area (Å²) in [5.74, 6) is 0.00365. The van der Waals surface area contributed by atoms with Gasteiger partial charge in [-0.1, -0.05) is 0 Å². The average molecular weight is 292 g/mol. The fourth-order valence-corrected chi connectivity index (χ4v) is 2.24. The van der Waals surface area contributed by atoms with E-state index in [4.69, 9.17) is 0 Å². The Kier molecular flexibility index (Phi) is 4.98. The summed E-state index contributed by atoms with van der Waals surface area (Å²) in [6.45, 7) is 7.07. The highest BCUT2D eigenvalue weighted by Gasteiger charge is 2.31. The van der Waals surface area contributed by atoms with Gasteiger partial charge in [0.1, 0.15) is 6.04 Å². The molecule has 0 unspecified atom stereocenters. The zero-order valence-electron chi connectivity index (χ0n) is 13.0. The van der Waals surface area contributed by atoms with Crippen LogP contribution in [0, 0.1) is 19.8 Å². The van der Waals surface area contributed by atoms with Crippen LogP contribution in [0.4, 0.5) is 0 Å². The van der Waals surface area contributed by atoms with Crippen LogP contribution in [0.15, 0.2) is 6.07 Å². The molecule has 1 aromatic rings. The van der Waals surface area contributed by atoms with Gasteiger partial charge in [-0.2, -0.15) is 5.10 Å². The van der Waals surface area contributed by atoms with Gasteiger partial charge in [-0.15, -0.1) is 0 Å². The first-order chi connectivity index (χ1) is 9.97. The van der Waals surface area contributed by atoms with Gasteiger partial charge in [0.05, 0.1) is 5.69 Å². The maximum Gasteiger partial charge on any atom is 0.242 e. The number of hydrogen-bond acceptors (Lipinski definition) is 3. The Bertz CT molecular complexity index is 520. The Hall–Kier alpha value is -1.85. The summed E-state index contributed by atoms with van der Waals surface area (Å²) in [7, 11) is 0. The maximum absolute atomic E-state index is 11.9. The summed E-state index contributed by atoms with van der Waals surface area (Å²) < 4.78 is 1.94. The molecular formula is C15H24N4O2. The SMILES string of the molecule is Cc1cc(C)n(CCCNC(=O)[C@H](C)NC(=O)C2CC2)n1. The summed E-state index contributed by atoms with van der Waals surface area (Å²) >= 11 is 0. The predicted molar refractivity (Wildman–Crippen MR) is 79.7 cm³/mol. The molecule has 0 spiro atoms. The Balaban J connectivity index is 1.64. The molecule has 6 heteroatoms. The summed E-state index contributed by atoms with van der Waals surface area (Å²) in [6.07, 6.45) is 2.71. The average Bonchev–Trinajstić information content (AvgIpc) is 3.21. The van der Waals surface area contributed by atoms with Crippen LogP contribution >= 0.6 is 0 Å². The van der Waals surface area contributed by atoms with Crippen molar-refractivity contribution in [3.63, 3.8) is 0 Å². The molecule has 1 saturated carbocycles. The van der Waals surface area contributed by atoms with Crippen molar-refractivity contribution in [1.29, 1.82) is 0 Å². The van der Waals surface area contributed by atoms with E-state index in [0.717, 1.165) is 37.2 Å². The monoisotopic (exact) mass is 292 g/mol. The van der Waals surface area contributed by atoms with Crippen molar-refractivity contribution >= 4 is 11.8 Å². The van der Waals surface area contributed by atoms with Crippen LogP contribution in [-0.4, -0.2) is 34.2 Å². The lowest BCUT2D eigenvalue weighted by Gasteiger charge is -2.14. The largest absolute Gasteiger partial charge is 0.354 e. The van der Waals surface area contributed by atoms with Crippen molar-refractivity contribution < 1.29 is 9.59 Å². The van der Waals surface area contributed by atoms with Gasteiger partial charge in [-0.25, -0.2) is 0 Å². The standard InChI is InChI=1S/C15H24N4O2/c1-10-9-11(2)19(18-10)8-4-7-16-14(20)12(3)17-15(21)13-5-6-13/h9,12-13H,4-8H2,1-3H3,(H,16,20)(H,17,21)/t12-/m0/s1. The number of aromatic nitrogens is 2. The van der Waals surface area contributed by atoms with Gasteiger partial charge in [0, 0.05) is 24.7 Å². The normalized spacial score (nSPS) is 15.6. The smallest absolute Gasteiger partial charge is 0.242 e. The molecule has 1 aliphatic carbocycles. The Morgan fingerprint density at radius 1 is 1.43 bits per heavy atom. The highest BCUT2D eigenvalue weighted by Crippen LogP contribution is 2.28. The van der Waals surface area contributed by atoms with Crippen LogP contribution in [0.25, 0.3) is 0 Å². The molecule has 0 aromatic carbocycles. The van der Waals surface area contributed by atoms with Gasteiger partial charge in [0.25, 0.3) is 0 Å². The number of nitrogens with one attached hydrogen (secondary N) is 2. The molecule has 1 aromatic heterocycles. The number of rotatable bonds is 7. The Labute approximate surface area is 125 Å². The van der Waals surface area contributed by atoms with E-state index in [9.17, 15) is 9.59 Å². The van der Waals surface area contributed by atoms with Crippen molar-refractivity contribution in [1.82, 2.24) is 20.4 Å². The molecule has 6 nitrogen and oxygen atoms in total. The Morgan fingerprint density at radius 2 is 2.14 bits per heavy atom. The summed E-state index contributed by atoms with van der Waals surface area (Å²) in [6, 6.07) is 1.57. The van der Waals surface area contributed by atoms with E-state index < -0.39 is 6.04 Å². The molecule has 0 aliphatic heterocycles. The lowest BCUT2D eigenvalue weighted by molar-refractivity contribution is -0.129. The topological polar surface area (TPSA) is 76.0 Å². The van der Waals surface area contributed by atoms with Crippen LogP contribution in [-0.2, 0) is 16.1 Å². The van der Waals surface area contributed by atoms with Gasteiger partial charge in [-0.05, 0) is 46.1 Å². The first-order valence-corrected chi connectivity index (χ1v) is 7.56. The first-order valence-electron chi connectivity index (χ1n) is 7.56. The van der Waals surface area contributed by atoms with Gasteiger partial charge in [0.15, 0.2) is 0 Å². The van der Waals surface area contributed by atoms with E-state index in [2.05, 4.69) is 15.7 Å². The maximum atomic E-state index is 11.9. The zero-order chi connectivity index (χ0) is 15.4. The third kappa shape index (κ3) is 4.58. The minimum atomic E-state index is -0.466. The molecule has 2 rings (SSSR count). The second-order valence-electron chi connectivity index (χ2n) is 5.80. The fraction of sp³-hybridized carbons (Fsp3) is 0.667. The van der Waals surface area contributed by atoms with E-state index >= 15 is 0 Å². The number of carbonyl (C=O) groups excluding carboxylic acids is 2. The minimum absolute atomic E-state index is 0.000270. The quantitative estimate of drug-likeness (QED) is 0.734. The van der Waals surface area contributed by atoms with E-state index in [1.165, 1.54) is 0 Å². The number of nitrogens with zero attached hydrogens (tertiary/aromatic N) is 2. The fourth-order valence-electron chi connectivity index (χ4n) is 2.24. The molecule has 21 heavy (non-hydrogen) atoms. The molecule has 1 atom stereocenters. The van der Waals surface area contributed by atoms with E-state index in [1.807, 2.05) is 24.6 Å². The summed E-state index contributed by atoms with van der Waals surface area (Å²) in [5, 5.41) is 9.97. The number of carbonyl (C=O) groups is 2. The predicted octanol–water partition coefficient (Wildman–Crippen LogP) is 0.921. The lowest BCUT2D eigenvalue weighted by atomic mass is 10.2. The molecule has 1 aliphatic rings. The summed E-state index contributed by atoms with van der Waals surface area (Å²) in [4.78, 5) is 23.4. The van der Waals surface area contributed by atoms with Crippen LogP contribution in [0.2, 0.25) is 0 Å². The molecular weight excluding hydrogens is 268 g/mol. The molecule has 0 radical (unpaired) electrons. The highest BCUT2D eigenvalue weighted by atomic mass is 16.2. The number of hydrogen-bond donors (Lipinski definition) is 2. The third-order valence-corrected chi connectivity index (χ3v) is 3.65. The van der Waals surface area contributed by atoms with Crippen molar-refractivity contribution in [2.24, 2.45) is 5.92 Å². The second kappa shape index (κ2) is 6.74. The zero-order valence-corrected chi connectivity index (χ0v) is 13.0. The number of aryl methyl sites for hydroxylation is 3. The van der Waals surface area contributed by atoms with E-state index in [0.29, 0.717) is 6.54 Å². The van der Waals surface area contributed by atoms with Crippen LogP contribution in [0.1, 0.15) is 37.6 Å². The summed E-state index contributed by atoms with van der Waals surface area (Å²) in [5.41, 5.74) is 2.14. The highest BCUT2D eigenvalue weighted by molar-refractivity contribution is 5.88. The van der Waals surface area contributed by atoms with Crippen molar-refractivity contribution in [2.45, 2.75) is 52.6 Å². The second-order valence-corrected chi connectivity index (χ2v) is 5.80. The van der Waals surface area contributed by atoms with Crippen LogP contribution in [0.5, 0.6) is 0 Å². The van der Waals surface area contributed by atoms with E-state index in [-0.39, 0.29) is 17.7 Å². The third-order valence-electron chi connectivity index (χ3n) is 3.65. The van der Waals surface area contributed by atoms with E-state index in [1.54, 1.807) is 6.92 Å². The van der Waals surface area contributed by atoms with Crippen LogP contribution < -0.4 is 10.6 Å². The molecule has 0 bridgehead atoms. The van der Waals surface area contributed by atoms with Gasteiger partial charge < -0.3 is 10.6 Å². The first kappa shape index (κ1) is 15.5. The van der Waals surface area contributed by atoms with Gasteiger partial charge >= 0.3 is 0 Å². The lowest BCUT2D eigenvalue weighted by Crippen LogP contribution is -2.45. The van der Waals surface area contributed by atoms with Gasteiger partial charge in [0.2, 0.25) is 11.8 Å². The molecule has 2 amide bonds. The molecule has 2 N–H and O–H groups in total. The van der Waals surface area contributed by atoms with Crippen molar-refractivity contribution in [3.8, 4) is 0 Å². The van der Waals surface area contributed by atoms with Crippen molar-refractivity contribution in [3.05, 3.63) is 17.5 Å². The Morgan fingerprint density at radius 3 is 2.71 bits per heavy atom. The molecule has 1 fully saturated rings.